The highest BCUT2D eigenvalue weighted by atomic mass is 35.5. The standard InChI is InChI=1S/C15H26ClNO/c16-14-10-6-5-9-13(14)11-17-15(18)12-7-3-1-2-4-8-12/h12-14H,1-11H2,(H,17,18). The van der Waals surface area contributed by atoms with Gasteiger partial charge in [-0.25, -0.2) is 0 Å². The Labute approximate surface area is 116 Å². The summed E-state index contributed by atoms with van der Waals surface area (Å²) in [5.41, 5.74) is 0. The van der Waals surface area contributed by atoms with Gasteiger partial charge in [0, 0.05) is 17.8 Å². The monoisotopic (exact) mass is 271 g/mol. The van der Waals surface area contributed by atoms with Gasteiger partial charge in [0.15, 0.2) is 0 Å². The normalized spacial score (nSPS) is 30.7. The van der Waals surface area contributed by atoms with Gasteiger partial charge in [0.2, 0.25) is 5.91 Å². The van der Waals surface area contributed by atoms with E-state index in [4.69, 9.17) is 11.6 Å². The highest BCUT2D eigenvalue weighted by Gasteiger charge is 2.25. The Kier molecular flexibility index (Phi) is 5.81. The Hall–Kier alpha value is -0.240. The summed E-state index contributed by atoms with van der Waals surface area (Å²) in [5, 5.41) is 3.43. The number of hydrogen-bond acceptors (Lipinski definition) is 1. The summed E-state index contributed by atoms with van der Waals surface area (Å²) in [6.45, 7) is 0.795. The van der Waals surface area contributed by atoms with Crippen LogP contribution in [0.15, 0.2) is 0 Å². The number of carbonyl (C=O) groups excluding carboxylic acids is 1. The van der Waals surface area contributed by atoms with Gasteiger partial charge in [-0.3, -0.25) is 4.79 Å². The Morgan fingerprint density at radius 3 is 2.22 bits per heavy atom. The molecule has 0 radical (unpaired) electrons. The van der Waals surface area contributed by atoms with Crippen molar-refractivity contribution in [2.45, 2.75) is 69.6 Å². The molecule has 1 N–H and O–H groups in total. The molecule has 2 saturated carbocycles. The highest BCUT2D eigenvalue weighted by molar-refractivity contribution is 6.20. The average molecular weight is 272 g/mol. The van der Waals surface area contributed by atoms with Crippen molar-refractivity contribution in [3.8, 4) is 0 Å². The number of rotatable bonds is 3. The molecule has 3 heteroatoms. The van der Waals surface area contributed by atoms with Crippen LogP contribution < -0.4 is 5.32 Å². The minimum atomic E-state index is 0.268. The molecule has 0 bridgehead atoms. The van der Waals surface area contributed by atoms with E-state index in [0.29, 0.717) is 5.92 Å². The fourth-order valence-corrected chi connectivity index (χ4v) is 3.68. The lowest BCUT2D eigenvalue weighted by Gasteiger charge is -2.27. The van der Waals surface area contributed by atoms with Gasteiger partial charge in [-0.1, -0.05) is 38.5 Å². The number of halogens is 1. The molecule has 0 aromatic heterocycles. The van der Waals surface area contributed by atoms with Gasteiger partial charge in [0.1, 0.15) is 0 Å². The summed E-state index contributed by atoms with van der Waals surface area (Å²) in [6.07, 6.45) is 12.0. The van der Waals surface area contributed by atoms with E-state index in [9.17, 15) is 4.79 Å². The van der Waals surface area contributed by atoms with Crippen LogP contribution in [0.2, 0.25) is 0 Å². The number of amides is 1. The molecule has 0 aromatic carbocycles. The van der Waals surface area contributed by atoms with Crippen molar-refractivity contribution < 1.29 is 4.79 Å². The van der Waals surface area contributed by atoms with Crippen LogP contribution in [0.25, 0.3) is 0 Å². The van der Waals surface area contributed by atoms with E-state index < -0.39 is 0 Å². The van der Waals surface area contributed by atoms with Crippen LogP contribution in [0.4, 0.5) is 0 Å². The SMILES string of the molecule is O=C(NCC1CCCCC1Cl)C1CCCCCC1. The lowest BCUT2D eigenvalue weighted by atomic mass is 9.88. The largest absolute Gasteiger partial charge is 0.356 e. The summed E-state index contributed by atoms with van der Waals surface area (Å²) < 4.78 is 0. The maximum atomic E-state index is 12.1. The van der Waals surface area contributed by atoms with Crippen LogP contribution in [0.3, 0.4) is 0 Å². The maximum Gasteiger partial charge on any atom is 0.223 e. The number of hydrogen-bond donors (Lipinski definition) is 1. The average Bonchev–Trinajstić information content (AvgIpc) is 2.66. The zero-order valence-corrected chi connectivity index (χ0v) is 12.1. The maximum absolute atomic E-state index is 12.1. The van der Waals surface area contributed by atoms with Crippen molar-refractivity contribution in [3.05, 3.63) is 0 Å². The molecule has 0 heterocycles. The highest BCUT2D eigenvalue weighted by Crippen LogP contribution is 2.28. The second kappa shape index (κ2) is 7.37. The van der Waals surface area contributed by atoms with Crippen LogP contribution in [-0.4, -0.2) is 17.8 Å². The van der Waals surface area contributed by atoms with E-state index in [1.54, 1.807) is 0 Å². The van der Waals surface area contributed by atoms with E-state index in [-0.39, 0.29) is 17.2 Å². The molecule has 1 amide bonds. The zero-order valence-electron chi connectivity index (χ0n) is 11.3. The first kappa shape index (κ1) is 14.2. The van der Waals surface area contributed by atoms with Crippen molar-refractivity contribution >= 4 is 17.5 Å². The van der Waals surface area contributed by atoms with Gasteiger partial charge in [-0.15, -0.1) is 11.6 Å². The molecule has 2 aliphatic carbocycles. The molecule has 0 saturated heterocycles. The van der Waals surface area contributed by atoms with Crippen LogP contribution in [0, 0.1) is 11.8 Å². The minimum Gasteiger partial charge on any atom is -0.356 e. The summed E-state index contributed by atoms with van der Waals surface area (Å²) in [4.78, 5) is 12.1. The van der Waals surface area contributed by atoms with Crippen LogP contribution in [0.5, 0.6) is 0 Å². The number of alkyl halides is 1. The lowest BCUT2D eigenvalue weighted by Crippen LogP contribution is -2.37. The van der Waals surface area contributed by atoms with Crippen molar-refractivity contribution in [2.75, 3.05) is 6.54 Å². The van der Waals surface area contributed by atoms with E-state index in [1.807, 2.05) is 0 Å². The first-order valence-corrected chi connectivity index (χ1v) is 8.13. The van der Waals surface area contributed by atoms with Gasteiger partial charge in [0.05, 0.1) is 0 Å². The number of nitrogens with one attached hydrogen (secondary N) is 1. The zero-order chi connectivity index (χ0) is 12.8. The third-order valence-corrected chi connectivity index (χ3v) is 5.16. The molecule has 2 nitrogen and oxygen atoms in total. The van der Waals surface area contributed by atoms with Gasteiger partial charge >= 0.3 is 0 Å². The summed E-state index contributed by atoms with van der Waals surface area (Å²) in [6, 6.07) is 0. The van der Waals surface area contributed by atoms with Crippen LogP contribution in [0.1, 0.15) is 64.2 Å². The third kappa shape index (κ3) is 4.15. The molecule has 0 spiro atoms. The summed E-state index contributed by atoms with van der Waals surface area (Å²) in [5.74, 6) is 1.05. The minimum absolute atomic E-state index is 0.268. The second-order valence-electron chi connectivity index (χ2n) is 5.99. The molecule has 2 aliphatic rings. The lowest BCUT2D eigenvalue weighted by molar-refractivity contribution is -0.125. The molecule has 0 aliphatic heterocycles. The van der Waals surface area contributed by atoms with E-state index in [2.05, 4.69) is 5.32 Å². The molecule has 2 unspecified atom stereocenters. The fraction of sp³-hybridized carbons (Fsp3) is 0.933. The van der Waals surface area contributed by atoms with E-state index in [1.165, 1.54) is 44.9 Å². The third-order valence-electron chi connectivity index (χ3n) is 4.58. The van der Waals surface area contributed by atoms with E-state index in [0.717, 1.165) is 25.8 Å². The van der Waals surface area contributed by atoms with Gasteiger partial charge in [-0.05, 0) is 31.6 Å². The molecule has 2 rings (SSSR count). The first-order chi connectivity index (χ1) is 8.77. The Morgan fingerprint density at radius 2 is 1.56 bits per heavy atom. The first-order valence-electron chi connectivity index (χ1n) is 7.69. The Bertz CT molecular complexity index is 261. The molecule has 18 heavy (non-hydrogen) atoms. The van der Waals surface area contributed by atoms with Gasteiger partial charge < -0.3 is 5.32 Å². The smallest absolute Gasteiger partial charge is 0.223 e. The Morgan fingerprint density at radius 1 is 0.944 bits per heavy atom. The summed E-state index contributed by atoms with van der Waals surface area (Å²) in [7, 11) is 0. The molecule has 0 aromatic rings. The summed E-state index contributed by atoms with van der Waals surface area (Å²) >= 11 is 6.33. The van der Waals surface area contributed by atoms with E-state index >= 15 is 0 Å². The number of carbonyl (C=O) groups is 1. The van der Waals surface area contributed by atoms with Gasteiger partial charge in [-0.2, -0.15) is 0 Å². The van der Waals surface area contributed by atoms with Gasteiger partial charge in [0.25, 0.3) is 0 Å². The predicted octanol–water partition coefficient (Wildman–Crippen LogP) is 3.87. The fourth-order valence-electron chi connectivity index (χ4n) is 3.31. The van der Waals surface area contributed by atoms with Crippen molar-refractivity contribution in [1.29, 1.82) is 0 Å². The molecular weight excluding hydrogens is 246 g/mol. The van der Waals surface area contributed by atoms with Crippen molar-refractivity contribution in [3.63, 3.8) is 0 Å². The Balaban J connectivity index is 1.72. The second-order valence-corrected chi connectivity index (χ2v) is 6.55. The van der Waals surface area contributed by atoms with Crippen molar-refractivity contribution in [2.24, 2.45) is 11.8 Å². The molecule has 2 atom stereocenters. The quantitative estimate of drug-likeness (QED) is 0.613. The predicted molar refractivity (Wildman–Crippen MR) is 75.8 cm³/mol. The molecule has 2 fully saturated rings. The van der Waals surface area contributed by atoms with Crippen LogP contribution >= 0.6 is 11.6 Å². The molecular formula is C15H26ClNO. The molecule has 104 valence electrons. The van der Waals surface area contributed by atoms with Crippen LogP contribution in [-0.2, 0) is 4.79 Å². The topological polar surface area (TPSA) is 29.1 Å². The van der Waals surface area contributed by atoms with Crippen molar-refractivity contribution in [1.82, 2.24) is 5.32 Å².